The molecule has 7 nitrogen and oxygen atoms in total. The molecule has 192 valence electrons. The molecule has 1 aliphatic rings. The summed E-state index contributed by atoms with van der Waals surface area (Å²) in [6, 6.07) is 19.8. The second-order valence-electron chi connectivity index (χ2n) is 9.25. The minimum absolute atomic E-state index is 0.364. The highest BCUT2D eigenvalue weighted by Crippen LogP contribution is 2.47. The highest BCUT2D eigenvalue weighted by atomic mass is 35.5. The van der Waals surface area contributed by atoms with Gasteiger partial charge in [-0.3, -0.25) is 14.4 Å². The van der Waals surface area contributed by atoms with Gasteiger partial charge in [0.25, 0.3) is 0 Å². The molecule has 1 aliphatic carbocycles. The van der Waals surface area contributed by atoms with Crippen LogP contribution in [-0.4, -0.2) is 35.4 Å². The van der Waals surface area contributed by atoms with Gasteiger partial charge in [0.1, 0.15) is 17.5 Å². The zero-order valence-corrected chi connectivity index (χ0v) is 21.7. The van der Waals surface area contributed by atoms with Crippen LogP contribution in [0.2, 0.25) is 10.0 Å². The molecule has 0 unspecified atom stereocenters. The van der Waals surface area contributed by atoms with Crippen LogP contribution in [0.4, 0.5) is 11.4 Å². The summed E-state index contributed by atoms with van der Waals surface area (Å²) in [4.78, 5) is 40.5. The molecule has 0 aliphatic heterocycles. The summed E-state index contributed by atoms with van der Waals surface area (Å²) in [6.45, 7) is 1.45. The van der Waals surface area contributed by atoms with Crippen LogP contribution in [0.1, 0.15) is 24.8 Å². The van der Waals surface area contributed by atoms with Crippen molar-refractivity contribution in [2.24, 2.45) is 11.8 Å². The van der Waals surface area contributed by atoms with Crippen LogP contribution in [0, 0.1) is 11.8 Å². The summed E-state index contributed by atoms with van der Waals surface area (Å²) in [5, 5.41) is 17.9. The number of benzene rings is 3. The second kappa shape index (κ2) is 10.9. The molecule has 0 bridgehead atoms. The number of rotatable bonds is 6. The standard InChI is InChI=1S/C28H26Cl2N2O5/c1-28(36)15-22(33)24(26(34)31-19-9-5-17(29)6-10-19)23(16-3-13-21(37-2)14-4-16)25(28)27(35)32-20-11-7-18(30)8-12-20/h3-14,23-25,36H,15H2,1-2H3,(H,31,34)(H,32,35)/t23-,24-,25+,28+/m0/s1. The predicted octanol–water partition coefficient (Wildman–Crippen LogP) is 5.32. The van der Waals surface area contributed by atoms with Crippen molar-refractivity contribution < 1.29 is 24.2 Å². The SMILES string of the molecule is COc1ccc([C@H]2[C@@H](C(=O)Nc3ccc(Cl)cc3)C(=O)C[C@@](C)(O)[C@H]2C(=O)Nc2ccc(Cl)cc2)cc1. The number of aliphatic hydroxyl groups is 1. The van der Waals surface area contributed by atoms with Gasteiger partial charge in [0.05, 0.1) is 18.6 Å². The van der Waals surface area contributed by atoms with Crippen LogP contribution in [0.25, 0.3) is 0 Å². The summed E-state index contributed by atoms with van der Waals surface area (Å²) in [5.41, 5.74) is -0.246. The highest BCUT2D eigenvalue weighted by molar-refractivity contribution is 6.31. The lowest BCUT2D eigenvalue weighted by Crippen LogP contribution is -2.56. The van der Waals surface area contributed by atoms with E-state index in [4.69, 9.17) is 27.9 Å². The van der Waals surface area contributed by atoms with E-state index in [1.807, 2.05) is 0 Å². The first-order chi connectivity index (χ1) is 17.6. The monoisotopic (exact) mass is 540 g/mol. The molecule has 3 N–H and O–H groups in total. The third-order valence-corrected chi connectivity index (χ3v) is 7.06. The first kappa shape index (κ1) is 26.7. The number of nitrogens with one attached hydrogen (secondary N) is 2. The van der Waals surface area contributed by atoms with Crippen molar-refractivity contribution in [1.82, 2.24) is 0 Å². The average molecular weight is 541 g/mol. The zero-order chi connectivity index (χ0) is 26.7. The largest absolute Gasteiger partial charge is 0.497 e. The van der Waals surface area contributed by atoms with Crippen LogP contribution in [-0.2, 0) is 14.4 Å². The third-order valence-electron chi connectivity index (χ3n) is 6.56. The molecule has 3 aromatic carbocycles. The summed E-state index contributed by atoms with van der Waals surface area (Å²) >= 11 is 11.9. The summed E-state index contributed by atoms with van der Waals surface area (Å²) in [7, 11) is 1.52. The van der Waals surface area contributed by atoms with Gasteiger partial charge in [-0.05, 0) is 73.2 Å². The van der Waals surface area contributed by atoms with Crippen molar-refractivity contribution in [3.05, 3.63) is 88.4 Å². The van der Waals surface area contributed by atoms with Gasteiger partial charge in [-0.15, -0.1) is 0 Å². The topological polar surface area (TPSA) is 105 Å². The second-order valence-corrected chi connectivity index (χ2v) is 10.1. The number of hydrogen-bond acceptors (Lipinski definition) is 5. The van der Waals surface area contributed by atoms with E-state index in [0.29, 0.717) is 32.7 Å². The number of ketones is 1. The first-order valence-corrected chi connectivity index (χ1v) is 12.4. The summed E-state index contributed by atoms with van der Waals surface area (Å²) in [6.07, 6.45) is -0.364. The molecule has 0 aromatic heterocycles. The Balaban J connectivity index is 1.75. The maximum Gasteiger partial charge on any atom is 0.235 e. The van der Waals surface area contributed by atoms with E-state index < -0.39 is 41.0 Å². The molecule has 4 atom stereocenters. The van der Waals surface area contributed by atoms with Gasteiger partial charge in [0.2, 0.25) is 11.8 Å². The average Bonchev–Trinajstić information content (AvgIpc) is 2.85. The Labute approximate surface area is 224 Å². The van der Waals surface area contributed by atoms with E-state index in [1.165, 1.54) is 14.0 Å². The van der Waals surface area contributed by atoms with E-state index >= 15 is 0 Å². The molecule has 0 saturated heterocycles. The van der Waals surface area contributed by atoms with Crippen molar-refractivity contribution in [2.75, 3.05) is 17.7 Å². The lowest BCUT2D eigenvalue weighted by Gasteiger charge is -2.44. The van der Waals surface area contributed by atoms with Crippen molar-refractivity contribution >= 4 is 52.2 Å². The number of ether oxygens (including phenoxy) is 1. The normalized spacial score (nSPS) is 23.3. The van der Waals surface area contributed by atoms with Crippen molar-refractivity contribution in [3.8, 4) is 5.75 Å². The molecule has 2 amide bonds. The Hall–Kier alpha value is -3.39. The molecule has 9 heteroatoms. The summed E-state index contributed by atoms with van der Waals surface area (Å²) in [5.74, 6) is -4.31. The van der Waals surface area contributed by atoms with E-state index in [-0.39, 0.29) is 6.42 Å². The Morgan fingerprint density at radius 2 is 1.35 bits per heavy atom. The number of methoxy groups -OCH3 is 1. The number of anilines is 2. The molecular weight excluding hydrogens is 515 g/mol. The maximum absolute atomic E-state index is 13.7. The van der Waals surface area contributed by atoms with Crippen LogP contribution in [0.3, 0.4) is 0 Å². The number of Topliss-reactive ketones (excluding diaryl/α,β-unsaturated/α-hetero) is 1. The Kier molecular flexibility index (Phi) is 7.87. The molecule has 0 spiro atoms. The van der Waals surface area contributed by atoms with Crippen molar-refractivity contribution in [1.29, 1.82) is 0 Å². The summed E-state index contributed by atoms with van der Waals surface area (Å²) < 4.78 is 5.25. The highest BCUT2D eigenvalue weighted by Gasteiger charge is 2.55. The molecule has 1 saturated carbocycles. The van der Waals surface area contributed by atoms with Gasteiger partial charge < -0.3 is 20.5 Å². The Bertz CT molecular complexity index is 1290. The van der Waals surface area contributed by atoms with E-state index in [9.17, 15) is 19.5 Å². The molecule has 4 rings (SSSR count). The molecule has 0 radical (unpaired) electrons. The van der Waals surface area contributed by atoms with E-state index in [0.717, 1.165) is 0 Å². The maximum atomic E-state index is 13.7. The number of carbonyl (C=O) groups excluding carboxylic acids is 3. The predicted molar refractivity (Wildman–Crippen MR) is 143 cm³/mol. The smallest absolute Gasteiger partial charge is 0.235 e. The lowest BCUT2D eigenvalue weighted by atomic mass is 9.61. The zero-order valence-electron chi connectivity index (χ0n) is 20.2. The molecule has 37 heavy (non-hydrogen) atoms. The molecule has 3 aromatic rings. The van der Waals surface area contributed by atoms with Gasteiger partial charge in [-0.25, -0.2) is 0 Å². The number of halogens is 2. The van der Waals surface area contributed by atoms with Gasteiger partial charge in [0, 0.05) is 33.8 Å². The van der Waals surface area contributed by atoms with Crippen molar-refractivity contribution in [3.63, 3.8) is 0 Å². The lowest BCUT2D eigenvalue weighted by molar-refractivity contribution is -0.150. The third kappa shape index (κ3) is 5.96. The van der Waals surface area contributed by atoms with Crippen LogP contribution < -0.4 is 15.4 Å². The Morgan fingerprint density at radius 3 is 1.84 bits per heavy atom. The van der Waals surface area contributed by atoms with Gasteiger partial charge in [0.15, 0.2) is 0 Å². The first-order valence-electron chi connectivity index (χ1n) is 11.6. The van der Waals surface area contributed by atoms with Gasteiger partial charge in [-0.1, -0.05) is 35.3 Å². The number of amides is 2. The minimum Gasteiger partial charge on any atom is -0.497 e. The fourth-order valence-electron chi connectivity index (χ4n) is 4.82. The van der Waals surface area contributed by atoms with Gasteiger partial charge >= 0.3 is 0 Å². The number of hydrogen-bond donors (Lipinski definition) is 3. The minimum atomic E-state index is -1.71. The number of carbonyl (C=O) groups is 3. The van der Waals surface area contributed by atoms with Crippen LogP contribution >= 0.6 is 23.2 Å². The Morgan fingerprint density at radius 1 is 0.865 bits per heavy atom. The van der Waals surface area contributed by atoms with Crippen molar-refractivity contribution in [2.45, 2.75) is 24.9 Å². The van der Waals surface area contributed by atoms with Crippen LogP contribution in [0.5, 0.6) is 5.75 Å². The molecule has 1 fully saturated rings. The quantitative estimate of drug-likeness (QED) is 0.367. The van der Waals surface area contributed by atoms with E-state index in [1.54, 1.807) is 72.8 Å². The molecular formula is C28H26Cl2N2O5. The van der Waals surface area contributed by atoms with Crippen LogP contribution in [0.15, 0.2) is 72.8 Å². The molecule has 0 heterocycles. The van der Waals surface area contributed by atoms with Gasteiger partial charge in [-0.2, -0.15) is 0 Å². The fourth-order valence-corrected chi connectivity index (χ4v) is 5.08. The van der Waals surface area contributed by atoms with E-state index in [2.05, 4.69) is 10.6 Å². The fraction of sp³-hybridized carbons (Fsp3) is 0.250.